The summed E-state index contributed by atoms with van der Waals surface area (Å²) in [6.07, 6.45) is 2.98. The van der Waals surface area contributed by atoms with Crippen molar-refractivity contribution in [3.05, 3.63) is 132 Å². The van der Waals surface area contributed by atoms with Crippen LogP contribution in [0.4, 0.5) is 9.59 Å². The average molecular weight is 779 g/mol. The van der Waals surface area contributed by atoms with E-state index in [0.717, 1.165) is 11.1 Å². The quantitative estimate of drug-likeness (QED) is 0.0919. The number of nitrogens with zero attached hydrogens (tertiary/aromatic N) is 4. The molecule has 0 fully saturated rings. The van der Waals surface area contributed by atoms with Crippen molar-refractivity contribution < 1.29 is 24.3 Å². The molecule has 2 heterocycles. The van der Waals surface area contributed by atoms with Gasteiger partial charge in [0.05, 0.1) is 36.6 Å². The van der Waals surface area contributed by atoms with Crippen molar-refractivity contribution in [3.63, 3.8) is 0 Å². The van der Waals surface area contributed by atoms with Crippen molar-refractivity contribution >= 4 is 23.9 Å². The van der Waals surface area contributed by atoms with Gasteiger partial charge in [0.1, 0.15) is 12.1 Å². The summed E-state index contributed by atoms with van der Waals surface area (Å²) in [4.78, 5) is 66.1. The standard InChI is InChI=1S/C44H58N8O5/c1-30(2)39(49-43(56)51(5)28-34-21-13-15-23-45-34)41(54)47-36(25-32-17-9-7-10-18-32)27-38(53)37(26-33-19-11-8-12-20-33)48-42(55)40(31(3)4)50-44(57)52(6)29-35-22-14-16-24-46-35/h7-24,30-31,36-40,53H,25-29H2,1-6H3,(H,47,54)(H,48,55)(H,49,56)(H,50,57)/t36-,37-,38-,39-,40-/m0/s1. The third-order valence-electron chi connectivity index (χ3n) is 9.69. The van der Waals surface area contributed by atoms with Gasteiger partial charge in [0.15, 0.2) is 0 Å². The van der Waals surface area contributed by atoms with E-state index in [1.807, 2.05) is 113 Å². The highest BCUT2D eigenvalue weighted by molar-refractivity contribution is 5.88. The molecule has 4 aromatic rings. The fraction of sp³-hybridized carbons (Fsp3) is 0.409. The summed E-state index contributed by atoms with van der Waals surface area (Å²) in [5.41, 5.74) is 3.25. The van der Waals surface area contributed by atoms with Gasteiger partial charge in [-0.05, 0) is 66.5 Å². The largest absolute Gasteiger partial charge is 0.391 e. The van der Waals surface area contributed by atoms with Crippen molar-refractivity contribution in [1.29, 1.82) is 0 Å². The Bertz CT molecular complexity index is 1830. The minimum Gasteiger partial charge on any atom is -0.391 e. The van der Waals surface area contributed by atoms with Crippen LogP contribution < -0.4 is 21.3 Å². The molecule has 0 bridgehead atoms. The highest BCUT2D eigenvalue weighted by Gasteiger charge is 2.33. The summed E-state index contributed by atoms with van der Waals surface area (Å²) in [7, 11) is 3.28. The zero-order valence-corrected chi connectivity index (χ0v) is 33.8. The fourth-order valence-electron chi connectivity index (χ4n) is 6.43. The van der Waals surface area contributed by atoms with Crippen LogP contribution in [-0.4, -0.2) is 93.1 Å². The van der Waals surface area contributed by atoms with E-state index in [1.165, 1.54) is 9.80 Å². The van der Waals surface area contributed by atoms with Gasteiger partial charge < -0.3 is 36.2 Å². The van der Waals surface area contributed by atoms with Gasteiger partial charge in [-0.3, -0.25) is 19.6 Å². The fourth-order valence-corrected chi connectivity index (χ4v) is 6.43. The van der Waals surface area contributed by atoms with E-state index >= 15 is 0 Å². The van der Waals surface area contributed by atoms with Crippen LogP contribution in [0, 0.1) is 11.8 Å². The monoisotopic (exact) mass is 778 g/mol. The van der Waals surface area contributed by atoms with Gasteiger partial charge in [0.25, 0.3) is 0 Å². The summed E-state index contributed by atoms with van der Waals surface area (Å²) >= 11 is 0. The number of hydrogen-bond acceptors (Lipinski definition) is 7. The molecular weight excluding hydrogens is 721 g/mol. The zero-order chi connectivity index (χ0) is 41.3. The summed E-state index contributed by atoms with van der Waals surface area (Å²) in [6, 6.07) is 26.1. The second-order valence-electron chi connectivity index (χ2n) is 15.2. The van der Waals surface area contributed by atoms with E-state index in [2.05, 4.69) is 31.2 Å². The van der Waals surface area contributed by atoms with Crippen LogP contribution in [0.2, 0.25) is 0 Å². The Hall–Kier alpha value is -5.82. The third-order valence-corrected chi connectivity index (χ3v) is 9.69. The lowest BCUT2D eigenvalue weighted by Crippen LogP contribution is -2.58. The topological polar surface area (TPSA) is 169 Å². The molecule has 0 saturated heterocycles. The lowest BCUT2D eigenvalue weighted by Gasteiger charge is -2.32. The number of carbonyl (C=O) groups excluding carboxylic acids is 4. The maximum atomic E-state index is 14.0. The first-order chi connectivity index (χ1) is 27.3. The zero-order valence-electron chi connectivity index (χ0n) is 33.8. The van der Waals surface area contributed by atoms with Crippen LogP contribution in [0.1, 0.15) is 56.6 Å². The molecule has 0 aliphatic carbocycles. The molecule has 0 radical (unpaired) electrons. The normalized spacial score (nSPS) is 13.8. The number of hydrogen-bond donors (Lipinski definition) is 5. The number of rotatable bonds is 19. The number of carbonyl (C=O) groups is 4. The minimum absolute atomic E-state index is 0.0856. The summed E-state index contributed by atoms with van der Waals surface area (Å²) in [6.45, 7) is 7.92. The number of aliphatic hydroxyl groups excluding tert-OH is 1. The molecule has 6 amide bonds. The molecule has 5 N–H and O–H groups in total. The van der Waals surface area contributed by atoms with Crippen molar-refractivity contribution in [1.82, 2.24) is 41.0 Å². The average Bonchev–Trinajstić information content (AvgIpc) is 3.19. The van der Waals surface area contributed by atoms with Crippen molar-refractivity contribution in [3.8, 4) is 0 Å². The number of benzene rings is 2. The number of aromatic nitrogens is 2. The Morgan fingerprint density at radius 2 is 1.00 bits per heavy atom. The van der Waals surface area contributed by atoms with Crippen LogP contribution >= 0.6 is 0 Å². The molecule has 13 nitrogen and oxygen atoms in total. The van der Waals surface area contributed by atoms with Crippen LogP contribution in [0.5, 0.6) is 0 Å². The first-order valence-electron chi connectivity index (χ1n) is 19.5. The molecule has 5 atom stereocenters. The molecule has 13 heteroatoms. The molecule has 0 aliphatic heterocycles. The Morgan fingerprint density at radius 1 is 0.579 bits per heavy atom. The summed E-state index contributed by atoms with van der Waals surface area (Å²) in [5, 5.41) is 23.9. The van der Waals surface area contributed by atoms with Gasteiger partial charge in [-0.1, -0.05) is 100 Å². The SMILES string of the molecule is CC(C)[C@H](NC(=O)N(C)Cc1ccccn1)C(=O)N[C@@H](Cc1ccccc1)C[C@H](O)[C@H](Cc1ccccc1)NC(=O)[C@@H](NC(=O)N(C)Cc1ccccn1)C(C)C. The minimum atomic E-state index is -1.12. The van der Waals surface area contributed by atoms with Crippen LogP contribution in [-0.2, 0) is 35.5 Å². The lowest BCUT2D eigenvalue weighted by atomic mass is 9.92. The molecule has 0 saturated carbocycles. The first-order valence-corrected chi connectivity index (χ1v) is 19.5. The van der Waals surface area contributed by atoms with E-state index in [9.17, 15) is 24.3 Å². The van der Waals surface area contributed by atoms with E-state index in [-0.39, 0.29) is 31.3 Å². The second kappa shape index (κ2) is 22.1. The lowest BCUT2D eigenvalue weighted by molar-refractivity contribution is -0.126. The molecule has 4 rings (SSSR count). The summed E-state index contributed by atoms with van der Waals surface area (Å²) < 4.78 is 0. The number of aliphatic hydroxyl groups is 1. The number of urea groups is 2. The third kappa shape index (κ3) is 14.3. The van der Waals surface area contributed by atoms with Gasteiger partial charge in [0, 0.05) is 32.5 Å². The predicted molar refractivity (Wildman–Crippen MR) is 221 cm³/mol. The maximum Gasteiger partial charge on any atom is 0.318 e. The van der Waals surface area contributed by atoms with Gasteiger partial charge in [-0.25, -0.2) is 9.59 Å². The molecule has 0 unspecified atom stereocenters. The van der Waals surface area contributed by atoms with Gasteiger partial charge in [0.2, 0.25) is 11.8 Å². The van der Waals surface area contributed by atoms with E-state index < -0.39 is 54.1 Å². The van der Waals surface area contributed by atoms with Crippen LogP contribution in [0.15, 0.2) is 109 Å². The predicted octanol–water partition coefficient (Wildman–Crippen LogP) is 4.71. The van der Waals surface area contributed by atoms with Crippen molar-refractivity contribution in [2.24, 2.45) is 11.8 Å². The van der Waals surface area contributed by atoms with Gasteiger partial charge in [-0.2, -0.15) is 0 Å². The first kappa shape index (κ1) is 43.9. The number of amides is 6. The van der Waals surface area contributed by atoms with E-state index in [4.69, 9.17) is 0 Å². The van der Waals surface area contributed by atoms with Crippen LogP contribution in [0.3, 0.4) is 0 Å². The summed E-state index contributed by atoms with van der Waals surface area (Å²) in [5.74, 6) is -1.36. The van der Waals surface area contributed by atoms with E-state index in [1.54, 1.807) is 38.6 Å². The van der Waals surface area contributed by atoms with Crippen molar-refractivity contribution in [2.45, 2.75) is 90.3 Å². The Balaban J connectivity index is 1.52. The number of nitrogens with one attached hydrogen (secondary N) is 4. The highest BCUT2D eigenvalue weighted by Crippen LogP contribution is 2.16. The smallest absolute Gasteiger partial charge is 0.318 e. The van der Waals surface area contributed by atoms with Crippen molar-refractivity contribution in [2.75, 3.05) is 14.1 Å². The molecule has 304 valence electrons. The Labute approximate surface area is 336 Å². The molecule has 0 aliphatic rings. The van der Waals surface area contributed by atoms with Gasteiger partial charge in [-0.15, -0.1) is 0 Å². The second-order valence-corrected chi connectivity index (χ2v) is 15.2. The highest BCUT2D eigenvalue weighted by atomic mass is 16.3. The maximum absolute atomic E-state index is 14.0. The van der Waals surface area contributed by atoms with E-state index in [0.29, 0.717) is 24.2 Å². The molecular formula is C44H58N8O5. The Kier molecular flexibility index (Phi) is 17.0. The molecule has 2 aromatic carbocycles. The van der Waals surface area contributed by atoms with Crippen LogP contribution in [0.25, 0.3) is 0 Å². The molecule has 57 heavy (non-hydrogen) atoms. The number of pyridine rings is 2. The van der Waals surface area contributed by atoms with Gasteiger partial charge >= 0.3 is 12.1 Å². The molecule has 2 aromatic heterocycles. The molecule has 0 spiro atoms. The Morgan fingerprint density at radius 3 is 1.42 bits per heavy atom.